The largest absolute Gasteiger partial charge is 0.315 e. The normalized spacial score (nSPS) is 24.3. The van der Waals surface area contributed by atoms with Gasteiger partial charge in [-0.1, -0.05) is 26.7 Å². The molecule has 3 heteroatoms. The second-order valence-electron chi connectivity index (χ2n) is 5.80. The molecule has 1 heterocycles. The van der Waals surface area contributed by atoms with Crippen LogP contribution in [0.5, 0.6) is 0 Å². The SMILES string of the molecule is CCCCCNCC(C)N1CCN(C)C(CC)C1. The van der Waals surface area contributed by atoms with Gasteiger partial charge in [-0.25, -0.2) is 0 Å². The third kappa shape index (κ3) is 5.25. The zero-order chi connectivity index (χ0) is 13.4. The quantitative estimate of drug-likeness (QED) is 0.671. The molecule has 0 radical (unpaired) electrons. The summed E-state index contributed by atoms with van der Waals surface area (Å²) in [6.07, 6.45) is 5.26. The standard InChI is InChI=1S/C15H33N3/c1-5-7-8-9-16-12-14(3)18-11-10-17(4)15(6-2)13-18/h14-16H,5-13H2,1-4H3. The minimum Gasteiger partial charge on any atom is -0.315 e. The number of piperazine rings is 1. The van der Waals surface area contributed by atoms with Gasteiger partial charge < -0.3 is 10.2 Å². The summed E-state index contributed by atoms with van der Waals surface area (Å²) in [5, 5.41) is 3.61. The van der Waals surface area contributed by atoms with E-state index in [2.05, 4.69) is 42.9 Å². The van der Waals surface area contributed by atoms with E-state index in [0.717, 1.165) is 12.6 Å². The fraction of sp³-hybridized carbons (Fsp3) is 1.00. The van der Waals surface area contributed by atoms with Crippen molar-refractivity contribution < 1.29 is 0 Å². The summed E-state index contributed by atoms with van der Waals surface area (Å²) in [5.41, 5.74) is 0. The topological polar surface area (TPSA) is 18.5 Å². The second kappa shape index (κ2) is 8.89. The third-order valence-corrected chi connectivity index (χ3v) is 4.30. The van der Waals surface area contributed by atoms with Crippen molar-refractivity contribution in [3.63, 3.8) is 0 Å². The van der Waals surface area contributed by atoms with E-state index in [0.29, 0.717) is 6.04 Å². The highest BCUT2D eigenvalue weighted by atomic mass is 15.3. The van der Waals surface area contributed by atoms with Gasteiger partial charge in [0.15, 0.2) is 0 Å². The molecule has 0 spiro atoms. The second-order valence-corrected chi connectivity index (χ2v) is 5.80. The number of likely N-dealkylation sites (N-methyl/N-ethyl adjacent to an activating group) is 1. The van der Waals surface area contributed by atoms with E-state index >= 15 is 0 Å². The molecule has 2 unspecified atom stereocenters. The minimum absolute atomic E-state index is 0.675. The van der Waals surface area contributed by atoms with E-state index in [-0.39, 0.29) is 0 Å². The third-order valence-electron chi connectivity index (χ3n) is 4.30. The molecule has 1 aliphatic rings. The lowest BCUT2D eigenvalue weighted by Gasteiger charge is -2.42. The first-order chi connectivity index (χ1) is 8.69. The lowest BCUT2D eigenvalue weighted by molar-refractivity contribution is 0.0675. The van der Waals surface area contributed by atoms with Crippen LogP contribution >= 0.6 is 0 Å². The Balaban J connectivity index is 2.18. The smallest absolute Gasteiger partial charge is 0.0218 e. The molecule has 1 N–H and O–H groups in total. The maximum atomic E-state index is 3.61. The van der Waals surface area contributed by atoms with Crippen molar-refractivity contribution in [1.29, 1.82) is 0 Å². The zero-order valence-electron chi connectivity index (χ0n) is 12.9. The van der Waals surface area contributed by atoms with Gasteiger partial charge in [-0.15, -0.1) is 0 Å². The molecule has 0 aromatic carbocycles. The summed E-state index contributed by atoms with van der Waals surface area (Å²) >= 11 is 0. The Morgan fingerprint density at radius 1 is 1.22 bits per heavy atom. The first-order valence-electron chi connectivity index (χ1n) is 7.84. The average molecular weight is 255 g/mol. The van der Waals surface area contributed by atoms with Crippen molar-refractivity contribution in [2.45, 2.75) is 58.5 Å². The predicted octanol–water partition coefficient (Wildman–Crippen LogP) is 2.18. The van der Waals surface area contributed by atoms with E-state index in [1.54, 1.807) is 0 Å². The number of nitrogens with zero attached hydrogens (tertiary/aromatic N) is 2. The first kappa shape index (κ1) is 15.9. The highest BCUT2D eigenvalue weighted by molar-refractivity contribution is 4.82. The molecular weight excluding hydrogens is 222 g/mol. The number of nitrogens with one attached hydrogen (secondary N) is 1. The average Bonchev–Trinajstić information content (AvgIpc) is 2.38. The van der Waals surface area contributed by atoms with E-state index < -0.39 is 0 Å². The molecular formula is C15H33N3. The van der Waals surface area contributed by atoms with Gasteiger partial charge in [-0.3, -0.25) is 4.90 Å². The Labute approximate surface area is 114 Å². The van der Waals surface area contributed by atoms with Crippen molar-refractivity contribution >= 4 is 0 Å². The fourth-order valence-electron chi connectivity index (χ4n) is 2.75. The molecule has 0 aliphatic carbocycles. The monoisotopic (exact) mass is 255 g/mol. The van der Waals surface area contributed by atoms with E-state index in [9.17, 15) is 0 Å². The summed E-state index contributed by atoms with van der Waals surface area (Å²) in [6.45, 7) is 12.9. The lowest BCUT2D eigenvalue weighted by atomic mass is 10.1. The van der Waals surface area contributed by atoms with Gasteiger partial charge in [-0.2, -0.15) is 0 Å². The van der Waals surface area contributed by atoms with E-state index in [4.69, 9.17) is 0 Å². The van der Waals surface area contributed by atoms with Crippen molar-refractivity contribution in [3.05, 3.63) is 0 Å². The van der Waals surface area contributed by atoms with Crippen LogP contribution in [0.2, 0.25) is 0 Å². The maximum absolute atomic E-state index is 3.61. The van der Waals surface area contributed by atoms with Crippen LogP contribution < -0.4 is 5.32 Å². The molecule has 3 nitrogen and oxygen atoms in total. The van der Waals surface area contributed by atoms with E-state index in [1.165, 1.54) is 51.9 Å². The Morgan fingerprint density at radius 2 is 2.00 bits per heavy atom. The molecule has 108 valence electrons. The van der Waals surface area contributed by atoms with Crippen LogP contribution in [0.1, 0.15) is 46.5 Å². The van der Waals surface area contributed by atoms with Crippen molar-refractivity contribution in [2.24, 2.45) is 0 Å². The Hall–Kier alpha value is -0.120. The molecule has 1 rings (SSSR count). The van der Waals surface area contributed by atoms with Crippen molar-refractivity contribution in [1.82, 2.24) is 15.1 Å². The first-order valence-corrected chi connectivity index (χ1v) is 7.84. The van der Waals surface area contributed by atoms with Gasteiger partial charge in [-0.05, 0) is 33.4 Å². The van der Waals surface area contributed by atoms with Crippen molar-refractivity contribution in [2.75, 3.05) is 39.8 Å². The predicted molar refractivity (Wildman–Crippen MR) is 80.1 cm³/mol. The Kier molecular flexibility index (Phi) is 7.87. The summed E-state index contributed by atoms with van der Waals surface area (Å²) in [4.78, 5) is 5.17. The van der Waals surface area contributed by atoms with Gasteiger partial charge in [0.2, 0.25) is 0 Å². The van der Waals surface area contributed by atoms with Crippen LogP contribution in [0.15, 0.2) is 0 Å². The van der Waals surface area contributed by atoms with Crippen LogP contribution in [0.4, 0.5) is 0 Å². The molecule has 0 aromatic rings. The Bertz CT molecular complexity index is 208. The van der Waals surface area contributed by atoms with Crippen LogP contribution in [0, 0.1) is 0 Å². The molecule has 0 aromatic heterocycles. The minimum atomic E-state index is 0.675. The van der Waals surface area contributed by atoms with Crippen LogP contribution in [0.3, 0.4) is 0 Å². The number of unbranched alkanes of at least 4 members (excludes halogenated alkanes) is 2. The lowest BCUT2D eigenvalue weighted by Crippen LogP contribution is -2.55. The maximum Gasteiger partial charge on any atom is 0.0218 e. The molecule has 0 saturated carbocycles. The van der Waals surface area contributed by atoms with Gasteiger partial charge in [0, 0.05) is 38.3 Å². The van der Waals surface area contributed by atoms with Crippen LogP contribution in [0.25, 0.3) is 0 Å². The van der Waals surface area contributed by atoms with Gasteiger partial charge in [0.1, 0.15) is 0 Å². The highest BCUT2D eigenvalue weighted by Gasteiger charge is 2.25. The molecule has 1 fully saturated rings. The summed E-state index contributed by atoms with van der Waals surface area (Å²) < 4.78 is 0. The van der Waals surface area contributed by atoms with E-state index in [1.807, 2.05) is 0 Å². The van der Waals surface area contributed by atoms with Crippen LogP contribution in [-0.4, -0.2) is 61.7 Å². The molecule has 1 aliphatic heterocycles. The Morgan fingerprint density at radius 3 is 2.67 bits per heavy atom. The van der Waals surface area contributed by atoms with Gasteiger partial charge in [0.05, 0.1) is 0 Å². The number of rotatable bonds is 8. The van der Waals surface area contributed by atoms with Gasteiger partial charge in [0.25, 0.3) is 0 Å². The summed E-state index contributed by atoms with van der Waals surface area (Å²) in [7, 11) is 2.26. The molecule has 1 saturated heterocycles. The molecule has 2 atom stereocenters. The van der Waals surface area contributed by atoms with Crippen molar-refractivity contribution in [3.8, 4) is 0 Å². The zero-order valence-corrected chi connectivity index (χ0v) is 12.9. The van der Waals surface area contributed by atoms with Gasteiger partial charge >= 0.3 is 0 Å². The molecule has 18 heavy (non-hydrogen) atoms. The highest BCUT2D eigenvalue weighted by Crippen LogP contribution is 2.12. The molecule has 0 bridgehead atoms. The number of hydrogen-bond donors (Lipinski definition) is 1. The van der Waals surface area contributed by atoms with Crippen LogP contribution in [-0.2, 0) is 0 Å². The molecule has 0 amide bonds. The summed E-state index contributed by atoms with van der Waals surface area (Å²) in [5.74, 6) is 0. The fourth-order valence-corrected chi connectivity index (χ4v) is 2.75. The number of hydrogen-bond acceptors (Lipinski definition) is 3. The summed E-state index contributed by atoms with van der Waals surface area (Å²) in [6, 6.07) is 1.43.